The molecule has 28 heavy (non-hydrogen) atoms. The lowest BCUT2D eigenvalue weighted by Crippen LogP contribution is -2.41. The maximum absolute atomic E-state index is 12.3. The van der Waals surface area contributed by atoms with E-state index in [-0.39, 0.29) is 17.9 Å². The highest BCUT2D eigenvalue weighted by molar-refractivity contribution is 5.76. The standard InChI is InChI=1S/C20H27N5O3/c1-13(26)21-12-18-9-8-17(25(18)3)10-19(27)22-11-15-4-6-16(7-5-15)20-23-14(2)28-24-20/h4-7,17-18H,8-12H2,1-3H3,(H,21,26)(H,22,27)/t17-,18+/m0/s1. The van der Waals surface area contributed by atoms with Gasteiger partial charge in [0, 0.05) is 51.0 Å². The zero-order valence-corrected chi connectivity index (χ0v) is 16.6. The average Bonchev–Trinajstić information content (AvgIpc) is 3.25. The Kier molecular flexibility index (Phi) is 6.41. The van der Waals surface area contributed by atoms with Gasteiger partial charge in [-0.2, -0.15) is 4.98 Å². The number of amides is 2. The number of carbonyl (C=O) groups excluding carboxylic acids is 2. The van der Waals surface area contributed by atoms with Crippen LogP contribution in [-0.2, 0) is 16.1 Å². The van der Waals surface area contributed by atoms with Crippen molar-refractivity contribution in [3.63, 3.8) is 0 Å². The number of rotatable bonds is 7. The van der Waals surface area contributed by atoms with Crippen LogP contribution in [0.25, 0.3) is 11.4 Å². The number of nitrogens with zero attached hydrogens (tertiary/aromatic N) is 3. The largest absolute Gasteiger partial charge is 0.355 e. The monoisotopic (exact) mass is 385 g/mol. The molecule has 1 aromatic carbocycles. The number of aryl methyl sites for hydroxylation is 1. The van der Waals surface area contributed by atoms with Gasteiger partial charge in [-0.15, -0.1) is 0 Å². The molecule has 2 amide bonds. The van der Waals surface area contributed by atoms with Crippen LogP contribution in [0.4, 0.5) is 0 Å². The third-order valence-electron chi connectivity index (χ3n) is 5.22. The Bertz CT molecular complexity index is 818. The minimum absolute atomic E-state index is 0.0184. The molecule has 1 saturated heterocycles. The first-order valence-corrected chi connectivity index (χ1v) is 9.55. The fourth-order valence-electron chi connectivity index (χ4n) is 3.52. The SMILES string of the molecule is CC(=O)NC[C@H]1CC[C@@H](CC(=O)NCc2ccc(-c3noc(C)n3)cc2)N1C. The van der Waals surface area contributed by atoms with Crippen LogP contribution < -0.4 is 10.6 Å². The summed E-state index contributed by atoms with van der Waals surface area (Å²) in [5.41, 5.74) is 1.89. The van der Waals surface area contributed by atoms with Crippen molar-refractivity contribution in [3.05, 3.63) is 35.7 Å². The van der Waals surface area contributed by atoms with Crippen LogP contribution in [0.1, 0.15) is 37.6 Å². The van der Waals surface area contributed by atoms with Crippen LogP contribution in [0.3, 0.4) is 0 Å². The Hall–Kier alpha value is -2.74. The molecule has 8 nitrogen and oxygen atoms in total. The van der Waals surface area contributed by atoms with Gasteiger partial charge in [0.15, 0.2) is 0 Å². The highest BCUT2D eigenvalue weighted by atomic mass is 16.5. The third kappa shape index (κ3) is 5.16. The molecule has 0 saturated carbocycles. The van der Waals surface area contributed by atoms with Gasteiger partial charge >= 0.3 is 0 Å². The molecule has 0 aliphatic carbocycles. The minimum Gasteiger partial charge on any atom is -0.355 e. The molecular formula is C20H27N5O3. The molecule has 1 aliphatic heterocycles. The van der Waals surface area contributed by atoms with Crippen molar-refractivity contribution >= 4 is 11.8 Å². The summed E-state index contributed by atoms with van der Waals surface area (Å²) < 4.78 is 4.99. The molecule has 1 aliphatic rings. The number of likely N-dealkylation sites (tertiary alicyclic amines) is 1. The highest BCUT2D eigenvalue weighted by Crippen LogP contribution is 2.24. The van der Waals surface area contributed by atoms with Gasteiger partial charge in [-0.25, -0.2) is 0 Å². The number of hydrogen-bond donors (Lipinski definition) is 2. The van der Waals surface area contributed by atoms with Gasteiger partial charge in [0.2, 0.25) is 23.5 Å². The number of likely N-dealkylation sites (N-methyl/N-ethyl adjacent to an activating group) is 1. The highest BCUT2D eigenvalue weighted by Gasteiger charge is 2.31. The van der Waals surface area contributed by atoms with E-state index < -0.39 is 0 Å². The molecule has 150 valence electrons. The van der Waals surface area contributed by atoms with Gasteiger partial charge in [0.1, 0.15) is 0 Å². The third-order valence-corrected chi connectivity index (χ3v) is 5.22. The number of benzene rings is 1. The Balaban J connectivity index is 1.45. The molecule has 0 spiro atoms. The summed E-state index contributed by atoms with van der Waals surface area (Å²) in [6.45, 7) is 4.40. The van der Waals surface area contributed by atoms with Crippen LogP contribution in [0.2, 0.25) is 0 Å². The van der Waals surface area contributed by atoms with Crippen molar-refractivity contribution in [2.75, 3.05) is 13.6 Å². The smallest absolute Gasteiger partial charge is 0.223 e. The van der Waals surface area contributed by atoms with Crippen LogP contribution in [0.5, 0.6) is 0 Å². The summed E-state index contributed by atoms with van der Waals surface area (Å²) in [6, 6.07) is 8.25. The molecule has 2 N–H and O–H groups in total. The molecule has 3 rings (SSSR count). The minimum atomic E-state index is -0.0184. The van der Waals surface area contributed by atoms with E-state index >= 15 is 0 Å². The maximum atomic E-state index is 12.3. The van der Waals surface area contributed by atoms with Crippen molar-refractivity contribution < 1.29 is 14.1 Å². The zero-order valence-electron chi connectivity index (χ0n) is 16.6. The molecule has 2 atom stereocenters. The topological polar surface area (TPSA) is 100 Å². The van der Waals surface area contributed by atoms with Crippen molar-refractivity contribution in [3.8, 4) is 11.4 Å². The van der Waals surface area contributed by atoms with Gasteiger partial charge in [0.05, 0.1) is 0 Å². The van der Waals surface area contributed by atoms with Gasteiger partial charge in [-0.05, 0) is 25.5 Å². The molecule has 2 heterocycles. The van der Waals surface area contributed by atoms with Crippen molar-refractivity contribution in [1.82, 2.24) is 25.7 Å². The van der Waals surface area contributed by atoms with Crippen molar-refractivity contribution in [1.29, 1.82) is 0 Å². The first kappa shape index (κ1) is 20.0. The van der Waals surface area contributed by atoms with Gasteiger partial charge in [0.25, 0.3) is 0 Å². The van der Waals surface area contributed by atoms with Crippen molar-refractivity contribution in [2.24, 2.45) is 0 Å². The lowest BCUT2D eigenvalue weighted by atomic mass is 10.1. The van der Waals surface area contributed by atoms with Gasteiger partial charge in [-0.1, -0.05) is 29.4 Å². The first-order valence-electron chi connectivity index (χ1n) is 9.55. The van der Waals surface area contributed by atoms with E-state index in [0.717, 1.165) is 24.0 Å². The number of carbonyl (C=O) groups is 2. The van der Waals surface area contributed by atoms with Gasteiger partial charge < -0.3 is 15.2 Å². The number of hydrogen-bond acceptors (Lipinski definition) is 6. The molecule has 0 bridgehead atoms. The second-order valence-corrected chi connectivity index (χ2v) is 7.30. The van der Waals surface area contributed by atoms with E-state index in [4.69, 9.17) is 4.52 Å². The van der Waals surface area contributed by atoms with E-state index in [2.05, 4.69) is 25.7 Å². The Morgan fingerprint density at radius 2 is 1.89 bits per heavy atom. The molecular weight excluding hydrogens is 358 g/mol. The van der Waals surface area contributed by atoms with Crippen LogP contribution in [-0.4, -0.2) is 52.5 Å². The zero-order chi connectivity index (χ0) is 20.1. The summed E-state index contributed by atoms with van der Waals surface area (Å²) in [6.07, 6.45) is 2.42. The molecule has 0 unspecified atom stereocenters. The van der Waals surface area contributed by atoms with Crippen LogP contribution in [0.15, 0.2) is 28.8 Å². The maximum Gasteiger partial charge on any atom is 0.223 e. The Morgan fingerprint density at radius 1 is 1.18 bits per heavy atom. The summed E-state index contributed by atoms with van der Waals surface area (Å²) in [5, 5.41) is 9.75. The Labute approximate surface area is 164 Å². The first-order chi connectivity index (χ1) is 13.4. The molecule has 2 aromatic rings. The predicted octanol–water partition coefficient (Wildman–Crippen LogP) is 1.65. The number of aromatic nitrogens is 2. The lowest BCUT2D eigenvalue weighted by Gasteiger charge is -2.25. The molecule has 0 radical (unpaired) electrons. The quantitative estimate of drug-likeness (QED) is 0.752. The summed E-state index contributed by atoms with van der Waals surface area (Å²) in [5.74, 6) is 1.11. The second-order valence-electron chi connectivity index (χ2n) is 7.30. The molecule has 1 aromatic heterocycles. The summed E-state index contributed by atoms with van der Waals surface area (Å²) >= 11 is 0. The summed E-state index contributed by atoms with van der Waals surface area (Å²) in [4.78, 5) is 29.8. The lowest BCUT2D eigenvalue weighted by molar-refractivity contribution is -0.122. The van der Waals surface area contributed by atoms with E-state index in [0.29, 0.717) is 37.3 Å². The fraction of sp³-hybridized carbons (Fsp3) is 0.500. The van der Waals surface area contributed by atoms with Gasteiger partial charge in [-0.3, -0.25) is 14.5 Å². The molecule has 8 heteroatoms. The van der Waals surface area contributed by atoms with E-state index in [1.54, 1.807) is 6.92 Å². The van der Waals surface area contributed by atoms with Crippen molar-refractivity contribution in [2.45, 2.75) is 51.7 Å². The summed E-state index contributed by atoms with van der Waals surface area (Å²) in [7, 11) is 2.02. The Morgan fingerprint density at radius 3 is 2.54 bits per heavy atom. The second kappa shape index (κ2) is 8.97. The average molecular weight is 385 g/mol. The normalized spacial score (nSPS) is 19.5. The predicted molar refractivity (Wildman–Crippen MR) is 104 cm³/mol. The number of nitrogens with one attached hydrogen (secondary N) is 2. The van der Waals surface area contributed by atoms with E-state index in [9.17, 15) is 9.59 Å². The van der Waals surface area contributed by atoms with Crippen LogP contribution >= 0.6 is 0 Å². The molecule has 1 fully saturated rings. The van der Waals surface area contributed by atoms with E-state index in [1.807, 2.05) is 31.3 Å². The van der Waals surface area contributed by atoms with E-state index in [1.165, 1.54) is 6.92 Å². The fourth-order valence-corrected chi connectivity index (χ4v) is 3.52. The van der Waals surface area contributed by atoms with Crippen LogP contribution in [0, 0.1) is 6.92 Å².